The van der Waals surface area contributed by atoms with Crippen LogP contribution in [-0.2, 0) is 16.1 Å². The molecule has 1 aliphatic heterocycles. The molecule has 2 N–H and O–H groups in total. The average molecular weight is 314 g/mol. The Labute approximate surface area is 133 Å². The molecule has 2 amide bonds. The van der Waals surface area contributed by atoms with Crippen LogP contribution in [0.4, 0.5) is 5.69 Å². The summed E-state index contributed by atoms with van der Waals surface area (Å²) in [5.41, 5.74) is 3.80. The second-order valence-corrected chi connectivity index (χ2v) is 5.78. The molecule has 2 aromatic rings. The van der Waals surface area contributed by atoms with Gasteiger partial charge in [0.25, 0.3) is 0 Å². The molecule has 0 bridgehead atoms. The number of carbonyl (C=O) groups excluding carboxylic acids is 2. The van der Waals surface area contributed by atoms with Crippen molar-refractivity contribution in [3.8, 4) is 0 Å². The number of hydrogen-bond donors (Lipinski definition) is 2. The van der Waals surface area contributed by atoms with Crippen molar-refractivity contribution in [2.75, 3.05) is 5.32 Å². The smallest absolute Gasteiger partial charge is 0.235 e. The van der Waals surface area contributed by atoms with E-state index in [1.54, 1.807) is 6.92 Å². The lowest BCUT2D eigenvalue weighted by Crippen LogP contribution is -2.26. The van der Waals surface area contributed by atoms with E-state index in [1.165, 1.54) is 0 Å². The number of benzene rings is 1. The van der Waals surface area contributed by atoms with E-state index in [0.717, 1.165) is 22.4 Å². The van der Waals surface area contributed by atoms with Crippen molar-refractivity contribution in [1.29, 1.82) is 0 Å². The van der Waals surface area contributed by atoms with Crippen LogP contribution in [0, 0.1) is 20.8 Å². The van der Waals surface area contributed by atoms with Crippen molar-refractivity contribution < 1.29 is 14.0 Å². The van der Waals surface area contributed by atoms with E-state index in [9.17, 15) is 9.59 Å². The Morgan fingerprint density at radius 1 is 1.30 bits per heavy atom. The van der Waals surface area contributed by atoms with Gasteiger partial charge in [0.15, 0.2) is 0 Å². The Bertz CT molecular complexity index is 782. The number of fused-ring (bicyclic) bond motifs is 1. The molecule has 23 heavy (non-hydrogen) atoms. The third-order valence-electron chi connectivity index (χ3n) is 3.84. The van der Waals surface area contributed by atoms with E-state index < -0.39 is 5.92 Å². The summed E-state index contributed by atoms with van der Waals surface area (Å²) in [6.07, 6.45) is 0.0921. The van der Waals surface area contributed by atoms with Gasteiger partial charge in [-0.2, -0.15) is 0 Å². The summed E-state index contributed by atoms with van der Waals surface area (Å²) < 4.78 is 5.20. The van der Waals surface area contributed by atoms with Gasteiger partial charge in [0.1, 0.15) is 0 Å². The van der Waals surface area contributed by atoms with Gasteiger partial charge >= 0.3 is 0 Å². The van der Waals surface area contributed by atoms with Gasteiger partial charge in [-0.05, 0) is 25.0 Å². The lowest BCUT2D eigenvalue weighted by atomic mass is 9.94. The van der Waals surface area contributed by atoms with E-state index in [1.807, 2.05) is 26.0 Å². The topological polar surface area (TPSA) is 97.1 Å². The first-order valence-corrected chi connectivity index (χ1v) is 7.41. The van der Waals surface area contributed by atoms with Crippen LogP contribution in [0.3, 0.4) is 0 Å². The van der Waals surface area contributed by atoms with Crippen LogP contribution in [0.25, 0.3) is 0 Å². The summed E-state index contributed by atoms with van der Waals surface area (Å²) in [6.45, 7) is 5.77. The number of hydrogen-bond acceptors (Lipinski definition) is 5. The Morgan fingerprint density at radius 3 is 2.78 bits per heavy atom. The number of anilines is 1. The fourth-order valence-corrected chi connectivity index (χ4v) is 2.84. The lowest BCUT2D eigenvalue weighted by molar-refractivity contribution is -0.125. The number of carbonyl (C=O) groups is 2. The van der Waals surface area contributed by atoms with Crippen LogP contribution >= 0.6 is 0 Å². The Morgan fingerprint density at radius 2 is 2.09 bits per heavy atom. The zero-order valence-corrected chi connectivity index (χ0v) is 13.3. The first-order valence-electron chi connectivity index (χ1n) is 7.41. The van der Waals surface area contributed by atoms with Gasteiger partial charge in [-0.3, -0.25) is 9.59 Å². The molecule has 0 saturated heterocycles. The first-order chi connectivity index (χ1) is 10.9. The van der Waals surface area contributed by atoms with Crippen molar-refractivity contribution in [1.82, 2.24) is 15.5 Å². The highest BCUT2D eigenvalue weighted by Crippen LogP contribution is 2.37. The third-order valence-corrected chi connectivity index (χ3v) is 3.84. The summed E-state index contributed by atoms with van der Waals surface area (Å²) in [5.74, 6) is -0.0402. The molecule has 1 aliphatic rings. The molecule has 0 radical (unpaired) electrons. The maximum Gasteiger partial charge on any atom is 0.235 e. The van der Waals surface area contributed by atoms with E-state index in [4.69, 9.17) is 4.42 Å². The van der Waals surface area contributed by atoms with Crippen LogP contribution < -0.4 is 10.6 Å². The van der Waals surface area contributed by atoms with Gasteiger partial charge < -0.3 is 15.1 Å². The van der Waals surface area contributed by atoms with Crippen LogP contribution in [0.15, 0.2) is 16.5 Å². The van der Waals surface area contributed by atoms with Gasteiger partial charge in [-0.15, -0.1) is 10.2 Å². The highest BCUT2D eigenvalue weighted by Gasteiger charge is 2.33. The normalized spacial score (nSPS) is 16.1. The van der Waals surface area contributed by atoms with E-state index in [0.29, 0.717) is 11.8 Å². The van der Waals surface area contributed by atoms with Crippen molar-refractivity contribution >= 4 is 17.5 Å². The molecule has 7 heteroatoms. The third kappa shape index (κ3) is 3.08. The molecule has 0 fully saturated rings. The van der Waals surface area contributed by atoms with E-state index >= 15 is 0 Å². The van der Waals surface area contributed by atoms with E-state index in [2.05, 4.69) is 20.8 Å². The van der Waals surface area contributed by atoms with Gasteiger partial charge in [-0.1, -0.05) is 17.7 Å². The van der Waals surface area contributed by atoms with Crippen molar-refractivity contribution in [3.05, 3.63) is 40.6 Å². The zero-order chi connectivity index (χ0) is 16.6. The maximum absolute atomic E-state index is 12.2. The van der Waals surface area contributed by atoms with Crippen LogP contribution in [0.5, 0.6) is 0 Å². The first kappa shape index (κ1) is 15.2. The SMILES string of the molecule is Cc1cc(C)c2c(c1)C(CC(=O)NCc1nnc(C)o1)C(=O)N2. The van der Waals surface area contributed by atoms with Crippen molar-refractivity contribution in [3.63, 3.8) is 0 Å². The molecule has 1 aromatic heterocycles. The molecule has 0 spiro atoms. The number of nitrogens with zero attached hydrogens (tertiary/aromatic N) is 2. The molecule has 1 aromatic carbocycles. The second kappa shape index (κ2) is 5.83. The van der Waals surface area contributed by atoms with Crippen LogP contribution in [0.1, 0.15) is 40.8 Å². The van der Waals surface area contributed by atoms with E-state index in [-0.39, 0.29) is 24.8 Å². The minimum Gasteiger partial charge on any atom is -0.424 e. The monoisotopic (exact) mass is 314 g/mol. The largest absolute Gasteiger partial charge is 0.424 e. The van der Waals surface area contributed by atoms with Crippen molar-refractivity contribution in [2.24, 2.45) is 0 Å². The summed E-state index contributed by atoms with van der Waals surface area (Å²) in [7, 11) is 0. The fourth-order valence-electron chi connectivity index (χ4n) is 2.84. The molecule has 120 valence electrons. The Balaban J connectivity index is 1.68. The van der Waals surface area contributed by atoms with Gasteiger partial charge in [-0.25, -0.2) is 0 Å². The zero-order valence-electron chi connectivity index (χ0n) is 13.3. The maximum atomic E-state index is 12.2. The molecule has 7 nitrogen and oxygen atoms in total. The molecule has 2 heterocycles. The fraction of sp³-hybridized carbons (Fsp3) is 0.375. The number of aryl methyl sites for hydroxylation is 3. The summed E-state index contributed by atoms with van der Waals surface area (Å²) in [6, 6.07) is 3.97. The minimum atomic E-state index is -0.465. The summed E-state index contributed by atoms with van der Waals surface area (Å²) in [5, 5.41) is 13.1. The second-order valence-electron chi connectivity index (χ2n) is 5.78. The number of nitrogens with one attached hydrogen (secondary N) is 2. The molecule has 0 saturated carbocycles. The van der Waals surface area contributed by atoms with Crippen LogP contribution in [-0.4, -0.2) is 22.0 Å². The predicted molar refractivity (Wildman–Crippen MR) is 82.8 cm³/mol. The summed E-state index contributed by atoms with van der Waals surface area (Å²) in [4.78, 5) is 24.3. The molecule has 1 atom stereocenters. The van der Waals surface area contributed by atoms with Gasteiger partial charge in [0.05, 0.1) is 12.5 Å². The average Bonchev–Trinajstić information content (AvgIpc) is 3.02. The molecular weight excluding hydrogens is 296 g/mol. The molecule has 3 rings (SSSR count). The molecular formula is C16H18N4O3. The highest BCUT2D eigenvalue weighted by molar-refractivity contribution is 6.05. The Kier molecular flexibility index (Phi) is 3.85. The molecule has 1 unspecified atom stereocenters. The predicted octanol–water partition coefficient (Wildman–Crippen LogP) is 1.74. The van der Waals surface area contributed by atoms with Gasteiger partial charge in [0.2, 0.25) is 23.6 Å². The minimum absolute atomic E-state index is 0.0921. The summed E-state index contributed by atoms with van der Waals surface area (Å²) >= 11 is 0. The highest BCUT2D eigenvalue weighted by atomic mass is 16.4. The number of aromatic nitrogens is 2. The quantitative estimate of drug-likeness (QED) is 0.896. The standard InChI is InChI=1S/C16H18N4O3/c1-8-4-9(2)15-11(5-8)12(16(22)18-15)6-13(21)17-7-14-20-19-10(3)23-14/h4-5,12H,6-7H2,1-3H3,(H,17,21)(H,18,22). The Hall–Kier alpha value is -2.70. The van der Waals surface area contributed by atoms with Gasteiger partial charge in [0, 0.05) is 19.0 Å². The van der Waals surface area contributed by atoms with Crippen LogP contribution in [0.2, 0.25) is 0 Å². The number of rotatable bonds is 4. The molecule has 0 aliphatic carbocycles. The lowest BCUT2D eigenvalue weighted by Gasteiger charge is -2.10. The van der Waals surface area contributed by atoms with Crippen molar-refractivity contribution in [2.45, 2.75) is 39.7 Å². The number of amides is 2.